The van der Waals surface area contributed by atoms with Gasteiger partial charge in [0.15, 0.2) is 0 Å². The molecule has 1 aromatic rings. The summed E-state index contributed by atoms with van der Waals surface area (Å²) < 4.78 is 37.8. The van der Waals surface area contributed by atoms with E-state index < -0.39 is 11.7 Å². The first-order chi connectivity index (χ1) is 8.29. The highest BCUT2D eigenvalue weighted by molar-refractivity contribution is 6.31. The molecule has 98 valence electrons. The van der Waals surface area contributed by atoms with Gasteiger partial charge in [0, 0.05) is 11.6 Å². The van der Waals surface area contributed by atoms with Gasteiger partial charge in [-0.1, -0.05) is 18.5 Å². The largest absolute Gasteiger partial charge is 0.417 e. The monoisotopic (exact) mass is 277 g/mol. The van der Waals surface area contributed by atoms with Crippen LogP contribution in [-0.4, -0.2) is 5.91 Å². The number of hydrogen-bond donors (Lipinski definition) is 1. The van der Waals surface area contributed by atoms with Gasteiger partial charge in [0.2, 0.25) is 5.91 Å². The molecule has 18 heavy (non-hydrogen) atoms. The van der Waals surface area contributed by atoms with Crippen LogP contribution < -0.4 is 5.32 Å². The third-order valence-corrected chi connectivity index (χ3v) is 3.32. The first-order valence-corrected chi connectivity index (χ1v) is 5.84. The first kappa shape index (κ1) is 13.2. The number of carbonyl (C=O) groups excluding carboxylic acids is 1. The molecule has 0 aromatic heterocycles. The van der Waals surface area contributed by atoms with Gasteiger partial charge in [-0.05, 0) is 30.5 Å². The summed E-state index contributed by atoms with van der Waals surface area (Å²) >= 11 is 5.48. The Bertz CT molecular complexity index is 487. The van der Waals surface area contributed by atoms with Crippen molar-refractivity contribution in [2.75, 3.05) is 5.32 Å². The molecule has 2 atom stereocenters. The molecule has 0 bridgehead atoms. The summed E-state index contributed by atoms with van der Waals surface area (Å²) in [6, 6.07) is 3.35. The third kappa shape index (κ3) is 2.77. The summed E-state index contributed by atoms with van der Waals surface area (Å²) in [7, 11) is 0. The summed E-state index contributed by atoms with van der Waals surface area (Å²) in [5, 5.41) is 2.10. The molecule has 1 aliphatic rings. The van der Waals surface area contributed by atoms with E-state index in [-0.39, 0.29) is 22.5 Å². The first-order valence-electron chi connectivity index (χ1n) is 5.46. The second-order valence-corrected chi connectivity index (χ2v) is 4.91. The maximum atomic E-state index is 12.6. The molecule has 2 nitrogen and oxygen atoms in total. The van der Waals surface area contributed by atoms with E-state index in [0.717, 1.165) is 18.6 Å². The summed E-state index contributed by atoms with van der Waals surface area (Å²) in [6.45, 7) is 1.92. The van der Waals surface area contributed by atoms with Gasteiger partial charge in [-0.2, -0.15) is 13.2 Å². The summed E-state index contributed by atoms with van der Waals surface area (Å²) in [5.74, 6) is -0.0210. The second kappa shape index (κ2) is 4.46. The van der Waals surface area contributed by atoms with Crippen molar-refractivity contribution in [3.63, 3.8) is 0 Å². The number of halogens is 4. The Kier molecular flexibility index (Phi) is 3.27. The minimum atomic E-state index is -4.52. The van der Waals surface area contributed by atoms with E-state index in [9.17, 15) is 18.0 Å². The molecule has 1 aliphatic carbocycles. The van der Waals surface area contributed by atoms with Crippen molar-refractivity contribution < 1.29 is 18.0 Å². The fraction of sp³-hybridized carbons (Fsp3) is 0.417. The van der Waals surface area contributed by atoms with Crippen LogP contribution in [0.15, 0.2) is 18.2 Å². The van der Waals surface area contributed by atoms with Crippen molar-refractivity contribution in [1.29, 1.82) is 0 Å². The SMILES string of the molecule is CC1CC1C(=O)Nc1ccc(Cl)c(C(F)(F)F)c1. The molecular weight excluding hydrogens is 267 g/mol. The average molecular weight is 278 g/mol. The Morgan fingerprint density at radius 3 is 2.56 bits per heavy atom. The van der Waals surface area contributed by atoms with Crippen molar-refractivity contribution in [2.45, 2.75) is 19.5 Å². The molecule has 1 N–H and O–H groups in total. The minimum Gasteiger partial charge on any atom is -0.326 e. The van der Waals surface area contributed by atoms with Crippen LogP contribution in [0.4, 0.5) is 18.9 Å². The van der Waals surface area contributed by atoms with Crippen LogP contribution in [0.25, 0.3) is 0 Å². The number of anilines is 1. The maximum absolute atomic E-state index is 12.6. The highest BCUT2D eigenvalue weighted by atomic mass is 35.5. The zero-order valence-electron chi connectivity index (χ0n) is 9.51. The second-order valence-electron chi connectivity index (χ2n) is 4.50. The van der Waals surface area contributed by atoms with E-state index in [4.69, 9.17) is 11.6 Å². The van der Waals surface area contributed by atoms with Gasteiger partial charge in [-0.3, -0.25) is 4.79 Å². The molecule has 1 fully saturated rings. The van der Waals surface area contributed by atoms with E-state index in [1.165, 1.54) is 6.07 Å². The highest BCUT2D eigenvalue weighted by Gasteiger charge is 2.39. The van der Waals surface area contributed by atoms with Crippen molar-refractivity contribution in [3.8, 4) is 0 Å². The zero-order valence-corrected chi connectivity index (χ0v) is 10.3. The molecule has 0 spiro atoms. The van der Waals surface area contributed by atoms with Gasteiger partial charge in [-0.25, -0.2) is 0 Å². The molecule has 0 aliphatic heterocycles. The van der Waals surface area contributed by atoms with Crippen LogP contribution in [0, 0.1) is 11.8 Å². The number of amides is 1. The standard InChI is InChI=1S/C12H11ClF3NO/c1-6-4-8(6)11(18)17-7-2-3-10(13)9(5-7)12(14,15)16/h2-3,5-6,8H,4H2,1H3,(H,17,18). The van der Waals surface area contributed by atoms with Gasteiger partial charge in [0.25, 0.3) is 0 Å². The molecule has 0 heterocycles. The number of nitrogens with one attached hydrogen (secondary N) is 1. The lowest BCUT2D eigenvalue weighted by Gasteiger charge is -2.11. The smallest absolute Gasteiger partial charge is 0.326 e. The van der Waals surface area contributed by atoms with Crippen molar-refractivity contribution in [1.82, 2.24) is 0 Å². The molecule has 6 heteroatoms. The topological polar surface area (TPSA) is 29.1 Å². The van der Waals surface area contributed by atoms with Gasteiger partial charge < -0.3 is 5.32 Å². The third-order valence-electron chi connectivity index (χ3n) is 2.99. The lowest BCUT2D eigenvalue weighted by molar-refractivity contribution is -0.137. The zero-order chi connectivity index (χ0) is 13.5. The summed E-state index contributed by atoms with van der Waals surface area (Å²) in [4.78, 5) is 11.6. The molecule has 1 amide bonds. The van der Waals surface area contributed by atoms with Crippen LogP contribution in [0.2, 0.25) is 5.02 Å². The Labute approximate surface area is 107 Å². The molecule has 1 aromatic carbocycles. The number of benzene rings is 1. The van der Waals surface area contributed by atoms with E-state index in [1.54, 1.807) is 0 Å². The fourth-order valence-corrected chi connectivity index (χ4v) is 1.97. The van der Waals surface area contributed by atoms with Crippen LogP contribution in [0.3, 0.4) is 0 Å². The number of carbonyl (C=O) groups is 1. The predicted octanol–water partition coefficient (Wildman–Crippen LogP) is 3.95. The van der Waals surface area contributed by atoms with Gasteiger partial charge in [-0.15, -0.1) is 0 Å². The van der Waals surface area contributed by atoms with Crippen molar-refractivity contribution >= 4 is 23.2 Å². The fourth-order valence-electron chi connectivity index (χ4n) is 1.74. The van der Waals surface area contributed by atoms with Crippen molar-refractivity contribution in [3.05, 3.63) is 28.8 Å². The van der Waals surface area contributed by atoms with Gasteiger partial charge in [0.05, 0.1) is 10.6 Å². The Morgan fingerprint density at radius 1 is 1.44 bits per heavy atom. The highest BCUT2D eigenvalue weighted by Crippen LogP contribution is 2.39. The molecule has 0 radical (unpaired) electrons. The molecule has 2 unspecified atom stereocenters. The van der Waals surface area contributed by atoms with E-state index in [0.29, 0.717) is 5.92 Å². The normalized spacial score (nSPS) is 22.7. The van der Waals surface area contributed by atoms with E-state index in [2.05, 4.69) is 5.32 Å². The van der Waals surface area contributed by atoms with Crippen LogP contribution >= 0.6 is 11.6 Å². The van der Waals surface area contributed by atoms with Crippen LogP contribution in [0.5, 0.6) is 0 Å². The van der Waals surface area contributed by atoms with Crippen LogP contribution in [-0.2, 0) is 11.0 Å². The lowest BCUT2D eigenvalue weighted by Crippen LogP contribution is -2.15. The summed E-state index contributed by atoms with van der Waals surface area (Å²) in [6.07, 6.45) is -3.74. The molecular formula is C12H11ClF3NO. The lowest BCUT2D eigenvalue weighted by atomic mass is 10.2. The van der Waals surface area contributed by atoms with E-state index in [1.807, 2.05) is 6.92 Å². The van der Waals surface area contributed by atoms with Crippen LogP contribution in [0.1, 0.15) is 18.9 Å². The van der Waals surface area contributed by atoms with Gasteiger partial charge in [0.1, 0.15) is 0 Å². The quantitative estimate of drug-likeness (QED) is 0.871. The molecule has 0 saturated heterocycles. The molecule has 1 saturated carbocycles. The number of rotatable bonds is 2. The molecule has 2 rings (SSSR count). The predicted molar refractivity (Wildman–Crippen MR) is 62.4 cm³/mol. The number of hydrogen-bond acceptors (Lipinski definition) is 1. The Morgan fingerprint density at radius 2 is 2.06 bits per heavy atom. The average Bonchev–Trinajstić information content (AvgIpc) is 2.97. The Balaban J connectivity index is 2.17. The number of alkyl halides is 3. The van der Waals surface area contributed by atoms with Gasteiger partial charge >= 0.3 is 6.18 Å². The maximum Gasteiger partial charge on any atom is 0.417 e. The summed E-state index contributed by atoms with van der Waals surface area (Å²) in [5.41, 5.74) is -0.818. The Hall–Kier alpha value is -1.23. The van der Waals surface area contributed by atoms with E-state index >= 15 is 0 Å². The minimum absolute atomic E-state index is 0.0879. The van der Waals surface area contributed by atoms with Crippen molar-refractivity contribution in [2.24, 2.45) is 11.8 Å².